The number of rotatable bonds is 10. The predicted octanol–water partition coefficient (Wildman–Crippen LogP) is 4.64. The Balaban J connectivity index is 1.53. The number of nitrogens with zero attached hydrogens (tertiary/aromatic N) is 4. The van der Waals surface area contributed by atoms with E-state index in [9.17, 15) is 0 Å². The van der Waals surface area contributed by atoms with Crippen molar-refractivity contribution in [2.24, 2.45) is 0 Å². The molecule has 0 spiro atoms. The molecule has 3 aromatic rings. The first-order valence-electron chi connectivity index (χ1n) is 8.97. The third kappa shape index (κ3) is 5.61. The Bertz CT molecular complexity index is 891. The Morgan fingerprint density at radius 2 is 2.00 bits per heavy atom. The summed E-state index contributed by atoms with van der Waals surface area (Å²) in [5.41, 5.74) is 1.89. The van der Waals surface area contributed by atoms with Crippen LogP contribution >= 0.6 is 35.0 Å². The van der Waals surface area contributed by atoms with E-state index in [1.165, 1.54) is 0 Å². The highest BCUT2D eigenvalue weighted by molar-refractivity contribution is 7.99. The minimum absolute atomic E-state index is 0.536. The van der Waals surface area contributed by atoms with E-state index in [1.54, 1.807) is 22.5 Å². The summed E-state index contributed by atoms with van der Waals surface area (Å²) in [7, 11) is 0. The van der Waals surface area contributed by atoms with E-state index in [1.807, 2.05) is 36.4 Å². The molecule has 0 amide bonds. The molecule has 28 heavy (non-hydrogen) atoms. The molecule has 0 bridgehead atoms. The first-order chi connectivity index (χ1) is 13.7. The maximum absolute atomic E-state index is 6.29. The largest absolute Gasteiger partial charge is 0.492 e. The number of aromatic nitrogens is 4. The van der Waals surface area contributed by atoms with Gasteiger partial charge in [-0.05, 0) is 41.1 Å². The van der Waals surface area contributed by atoms with Crippen molar-refractivity contribution in [3.8, 4) is 11.4 Å². The van der Waals surface area contributed by atoms with Crippen LogP contribution in [0.5, 0.6) is 5.75 Å². The van der Waals surface area contributed by atoms with Crippen LogP contribution < -0.4 is 10.1 Å². The van der Waals surface area contributed by atoms with Crippen molar-refractivity contribution in [1.82, 2.24) is 25.5 Å². The average Bonchev–Trinajstić information content (AvgIpc) is 3.16. The summed E-state index contributed by atoms with van der Waals surface area (Å²) < 4.78 is 7.52. The van der Waals surface area contributed by atoms with Crippen LogP contribution in [0.3, 0.4) is 0 Å². The van der Waals surface area contributed by atoms with Crippen LogP contribution in [0.15, 0.2) is 47.6 Å². The molecule has 0 aliphatic rings. The third-order valence-corrected chi connectivity index (χ3v) is 5.22. The van der Waals surface area contributed by atoms with E-state index in [0.29, 0.717) is 28.9 Å². The average molecular weight is 438 g/mol. The molecular formula is C19H21Cl2N5OS. The number of halogens is 2. The fourth-order valence-electron chi connectivity index (χ4n) is 2.55. The number of hydrogen-bond acceptors (Lipinski definition) is 6. The third-order valence-electron chi connectivity index (χ3n) is 3.80. The normalized spacial score (nSPS) is 11.0. The lowest BCUT2D eigenvalue weighted by molar-refractivity contribution is 0.313. The van der Waals surface area contributed by atoms with Crippen molar-refractivity contribution >= 4 is 35.0 Å². The summed E-state index contributed by atoms with van der Waals surface area (Å²) >= 11 is 14.0. The van der Waals surface area contributed by atoms with E-state index < -0.39 is 0 Å². The minimum Gasteiger partial charge on any atom is -0.492 e. The zero-order valence-corrected chi connectivity index (χ0v) is 17.8. The summed E-state index contributed by atoms with van der Waals surface area (Å²) in [5, 5.41) is 17.2. The summed E-state index contributed by atoms with van der Waals surface area (Å²) in [6.45, 7) is 4.06. The molecule has 9 heteroatoms. The maximum Gasteiger partial charge on any atom is 0.214 e. The van der Waals surface area contributed by atoms with Crippen LogP contribution in [0.1, 0.15) is 18.9 Å². The summed E-state index contributed by atoms with van der Waals surface area (Å²) in [4.78, 5) is 0. The smallest absolute Gasteiger partial charge is 0.214 e. The molecule has 0 fully saturated rings. The van der Waals surface area contributed by atoms with Crippen molar-refractivity contribution in [1.29, 1.82) is 0 Å². The highest BCUT2D eigenvalue weighted by Gasteiger charge is 2.11. The topological polar surface area (TPSA) is 64.9 Å². The second-order valence-corrected chi connectivity index (χ2v) is 7.86. The van der Waals surface area contributed by atoms with Crippen LogP contribution in [-0.2, 0) is 6.54 Å². The van der Waals surface area contributed by atoms with Crippen molar-refractivity contribution in [2.75, 3.05) is 18.9 Å². The molecule has 0 saturated carbocycles. The molecule has 0 atom stereocenters. The number of nitrogens with one attached hydrogen (secondary N) is 1. The molecule has 0 aliphatic heterocycles. The van der Waals surface area contributed by atoms with Gasteiger partial charge < -0.3 is 10.1 Å². The van der Waals surface area contributed by atoms with Crippen LogP contribution in [0.4, 0.5) is 0 Å². The molecule has 3 rings (SSSR count). The first kappa shape index (κ1) is 20.9. The lowest BCUT2D eigenvalue weighted by Crippen LogP contribution is -2.17. The zero-order valence-electron chi connectivity index (χ0n) is 15.4. The molecule has 0 radical (unpaired) electrons. The fraction of sp³-hybridized carbons (Fsp3) is 0.316. The standard InChI is InChI=1S/C19H21Cl2N5OS/c1-2-9-27-18-14(11-15(20)12-17(18)21)13-22-8-10-28-19-23-24-25-26(19)16-6-4-3-5-7-16/h3-7,11-12,22H,2,8-10,13H2,1H3. The SMILES string of the molecule is CCCOc1c(Cl)cc(Cl)cc1CNCCSc1nnnn1-c1ccccc1. The second-order valence-electron chi connectivity index (χ2n) is 5.96. The van der Waals surface area contributed by atoms with Crippen LogP contribution in [0.25, 0.3) is 5.69 Å². The molecule has 0 saturated heterocycles. The Labute approximate surface area is 178 Å². The van der Waals surface area contributed by atoms with Gasteiger partial charge in [0.25, 0.3) is 0 Å². The second kappa shape index (κ2) is 10.7. The molecule has 2 aromatic carbocycles. The minimum atomic E-state index is 0.536. The number of thioether (sulfide) groups is 1. The zero-order chi connectivity index (χ0) is 19.8. The van der Waals surface area contributed by atoms with Gasteiger partial charge in [-0.3, -0.25) is 0 Å². The van der Waals surface area contributed by atoms with Crippen molar-refractivity contribution in [3.05, 3.63) is 58.1 Å². The van der Waals surface area contributed by atoms with Gasteiger partial charge in [-0.15, -0.1) is 5.10 Å². The number of ether oxygens (including phenoxy) is 1. The van der Waals surface area contributed by atoms with Crippen LogP contribution in [0.2, 0.25) is 10.0 Å². The Kier molecular flexibility index (Phi) is 7.97. The van der Waals surface area contributed by atoms with E-state index in [4.69, 9.17) is 27.9 Å². The van der Waals surface area contributed by atoms with Gasteiger partial charge in [0.1, 0.15) is 5.75 Å². The lowest BCUT2D eigenvalue weighted by atomic mass is 10.2. The summed E-state index contributed by atoms with van der Waals surface area (Å²) in [6, 6.07) is 13.4. The van der Waals surface area contributed by atoms with Gasteiger partial charge >= 0.3 is 0 Å². The molecule has 1 aromatic heterocycles. The predicted molar refractivity (Wildman–Crippen MR) is 114 cm³/mol. The molecule has 0 aliphatic carbocycles. The Hall–Kier alpha value is -1.80. The van der Waals surface area contributed by atoms with E-state index in [-0.39, 0.29) is 0 Å². The molecule has 1 N–H and O–H groups in total. The molecular weight excluding hydrogens is 417 g/mol. The maximum atomic E-state index is 6.29. The Morgan fingerprint density at radius 3 is 2.79 bits per heavy atom. The lowest BCUT2D eigenvalue weighted by Gasteiger charge is -2.14. The van der Waals surface area contributed by atoms with Gasteiger partial charge in [0.05, 0.1) is 17.3 Å². The quantitative estimate of drug-likeness (QED) is 0.368. The van der Waals surface area contributed by atoms with Gasteiger partial charge in [0, 0.05) is 29.4 Å². The van der Waals surface area contributed by atoms with Crippen LogP contribution in [0, 0.1) is 0 Å². The number of para-hydroxylation sites is 1. The Morgan fingerprint density at radius 1 is 1.18 bits per heavy atom. The van der Waals surface area contributed by atoms with Crippen molar-refractivity contribution in [2.45, 2.75) is 25.0 Å². The highest BCUT2D eigenvalue weighted by Crippen LogP contribution is 2.32. The molecule has 1 heterocycles. The summed E-state index contributed by atoms with van der Waals surface area (Å²) in [5.74, 6) is 1.51. The van der Waals surface area contributed by atoms with Gasteiger partial charge in [0.2, 0.25) is 5.16 Å². The molecule has 148 valence electrons. The van der Waals surface area contributed by atoms with Crippen molar-refractivity contribution in [3.63, 3.8) is 0 Å². The van der Waals surface area contributed by atoms with Gasteiger partial charge in [-0.1, -0.05) is 60.1 Å². The van der Waals surface area contributed by atoms with E-state index >= 15 is 0 Å². The van der Waals surface area contributed by atoms with Gasteiger partial charge in [-0.2, -0.15) is 4.68 Å². The molecule has 6 nitrogen and oxygen atoms in total. The van der Waals surface area contributed by atoms with E-state index in [0.717, 1.165) is 35.1 Å². The monoisotopic (exact) mass is 437 g/mol. The van der Waals surface area contributed by atoms with Gasteiger partial charge in [-0.25, -0.2) is 0 Å². The summed E-state index contributed by atoms with van der Waals surface area (Å²) in [6.07, 6.45) is 0.915. The number of benzene rings is 2. The van der Waals surface area contributed by atoms with Crippen molar-refractivity contribution < 1.29 is 4.74 Å². The van der Waals surface area contributed by atoms with Crippen LogP contribution in [-0.4, -0.2) is 39.1 Å². The van der Waals surface area contributed by atoms with E-state index in [2.05, 4.69) is 27.8 Å². The number of tetrazole rings is 1. The number of hydrogen-bond donors (Lipinski definition) is 1. The first-order valence-corrected chi connectivity index (χ1v) is 10.7. The molecule has 0 unspecified atom stereocenters. The van der Waals surface area contributed by atoms with Gasteiger partial charge in [0.15, 0.2) is 0 Å². The fourth-order valence-corrected chi connectivity index (χ4v) is 3.93. The highest BCUT2D eigenvalue weighted by atomic mass is 35.5.